The summed E-state index contributed by atoms with van der Waals surface area (Å²) in [5.41, 5.74) is 6.08. The van der Waals surface area contributed by atoms with Crippen molar-refractivity contribution >= 4 is 28.9 Å². The van der Waals surface area contributed by atoms with E-state index in [1.54, 1.807) is 11.8 Å². The van der Waals surface area contributed by atoms with Crippen LogP contribution in [0, 0.1) is 13.8 Å². The SMILES string of the molecule is CC(=O)N1CCc2cc(NC(=O)CNc3ccc(C)cc3C)ccc21. The van der Waals surface area contributed by atoms with E-state index in [0.29, 0.717) is 6.54 Å². The van der Waals surface area contributed by atoms with E-state index in [2.05, 4.69) is 16.7 Å². The lowest BCUT2D eigenvalue weighted by Crippen LogP contribution is -2.25. The van der Waals surface area contributed by atoms with E-state index in [-0.39, 0.29) is 18.4 Å². The molecule has 2 amide bonds. The topological polar surface area (TPSA) is 61.4 Å². The van der Waals surface area contributed by atoms with Crippen molar-refractivity contribution in [3.63, 3.8) is 0 Å². The molecule has 2 aromatic rings. The van der Waals surface area contributed by atoms with Crippen molar-refractivity contribution in [1.29, 1.82) is 0 Å². The zero-order valence-corrected chi connectivity index (χ0v) is 14.8. The fraction of sp³-hybridized carbons (Fsp3) is 0.300. The monoisotopic (exact) mass is 337 g/mol. The predicted octanol–water partition coefficient (Wildman–Crippen LogP) is 3.26. The smallest absolute Gasteiger partial charge is 0.243 e. The maximum Gasteiger partial charge on any atom is 0.243 e. The molecule has 0 spiro atoms. The van der Waals surface area contributed by atoms with Gasteiger partial charge in [0.25, 0.3) is 0 Å². The summed E-state index contributed by atoms with van der Waals surface area (Å²) in [6, 6.07) is 11.8. The molecule has 0 fully saturated rings. The molecule has 2 N–H and O–H groups in total. The number of nitrogens with one attached hydrogen (secondary N) is 2. The van der Waals surface area contributed by atoms with Gasteiger partial charge < -0.3 is 15.5 Å². The number of hydrogen-bond acceptors (Lipinski definition) is 3. The van der Waals surface area contributed by atoms with Gasteiger partial charge in [-0.3, -0.25) is 9.59 Å². The number of fused-ring (bicyclic) bond motifs is 1. The maximum absolute atomic E-state index is 12.2. The molecule has 0 aliphatic carbocycles. The zero-order chi connectivity index (χ0) is 18.0. The van der Waals surface area contributed by atoms with Crippen molar-refractivity contribution in [3.8, 4) is 0 Å². The molecule has 0 saturated carbocycles. The number of amides is 2. The van der Waals surface area contributed by atoms with Crippen LogP contribution < -0.4 is 15.5 Å². The van der Waals surface area contributed by atoms with Gasteiger partial charge in [0.05, 0.1) is 6.54 Å². The van der Waals surface area contributed by atoms with Gasteiger partial charge in [-0.2, -0.15) is 0 Å². The van der Waals surface area contributed by atoms with Crippen molar-refractivity contribution in [2.75, 3.05) is 28.6 Å². The van der Waals surface area contributed by atoms with Crippen LogP contribution in [-0.2, 0) is 16.0 Å². The number of rotatable bonds is 4. The van der Waals surface area contributed by atoms with E-state index in [0.717, 1.165) is 34.6 Å². The van der Waals surface area contributed by atoms with Crippen LogP contribution in [0.15, 0.2) is 36.4 Å². The van der Waals surface area contributed by atoms with Crippen LogP contribution >= 0.6 is 0 Å². The number of nitrogens with zero attached hydrogens (tertiary/aromatic N) is 1. The predicted molar refractivity (Wildman–Crippen MR) is 101 cm³/mol. The molecule has 0 atom stereocenters. The van der Waals surface area contributed by atoms with E-state index in [4.69, 9.17) is 0 Å². The highest BCUT2D eigenvalue weighted by atomic mass is 16.2. The number of hydrogen-bond donors (Lipinski definition) is 2. The number of anilines is 3. The van der Waals surface area contributed by atoms with Crippen LogP contribution in [0.5, 0.6) is 0 Å². The third-order valence-corrected chi connectivity index (χ3v) is 4.46. The summed E-state index contributed by atoms with van der Waals surface area (Å²) in [5, 5.41) is 6.08. The Balaban J connectivity index is 1.61. The molecule has 2 aromatic carbocycles. The summed E-state index contributed by atoms with van der Waals surface area (Å²) in [6.07, 6.45) is 0.819. The van der Waals surface area contributed by atoms with Gasteiger partial charge >= 0.3 is 0 Å². The molecule has 0 saturated heterocycles. The zero-order valence-electron chi connectivity index (χ0n) is 14.8. The van der Waals surface area contributed by atoms with E-state index < -0.39 is 0 Å². The molecule has 130 valence electrons. The minimum atomic E-state index is -0.0960. The van der Waals surface area contributed by atoms with Gasteiger partial charge in [0.1, 0.15) is 0 Å². The Bertz CT molecular complexity index is 830. The van der Waals surface area contributed by atoms with Gasteiger partial charge in [0.2, 0.25) is 11.8 Å². The molecule has 3 rings (SSSR count). The molecule has 0 aromatic heterocycles. The Hall–Kier alpha value is -2.82. The van der Waals surface area contributed by atoms with E-state index >= 15 is 0 Å². The van der Waals surface area contributed by atoms with Crippen molar-refractivity contribution in [2.45, 2.75) is 27.2 Å². The second-order valence-electron chi connectivity index (χ2n) is 6.48. The molecular formula is C20H23N3O2. The lowest BCUT2D eigenvalue weighted by Gasteiger charge is -2.15. The van der Waals surface area contributed by atoms with Gasteiger partial charge in [-0.15, -0.1) is 0 Å². The normalized spacial score (nSPS) is 12.7. The largest absolute Gasteiger partial charge is 0.376 e. The second-order valence-corrected chi connectivity index (χ2v) is 6.48. The molecule has 0 unspecified atom stereocenters. The summed E-state index contributed by atoms with van der Waals surface area (Å²) >= 11 is 0. The quantitative estimate of drug-likeness (QED) is 0.900. The Kier molecular flexibility index (Phi) is 4.74. The minimum Gasteiger partial charge on any atom is -0.376 e. The summed E-state index contributed by atoms with van der Waals surface area (Å²) in [6.45, 7) is 6.56. The van der Waals surface area contributed by atoms with Crippen molar-refractivity contribution in [2.24, 2.45) is 0 Å². The van der Waals surface area contributed by atoms with Crippen LogP contribution in [0.2, 0.25) is 0 Å². The minimum absolute atomic E-state index is 0.0493. The molecule has 0 radical (unpaired) electrons. The lowest BCUT2D eigenvalue weighted by molar-refractivity contribution is -0.116. The van der Waals surface area contributed by atoms with Gasteiger partial charge in [0, 0.05) is 30.5 Å². The van der Waals surface area contributed by atoms with Gasteiger partial charge in [-0.05, 0) is 55.7 Å². The molecule has 1 aliphatic rings. The third-order valence-electron chi connectivity index (χ3n) is 4.46. The van der Waals surface area contributed by atoms with Crippen molar-refractivity contribution in [1.82, 2.24) is 0 Å². The first-order valence-electron chi connectivity index (χ1n) is 8.46. The fourth-order valence-corrected chi connectivity index (χ4v) is 3.20. The number of benzene rings is 2. The Labute approximate surface area is 148 Å². The molecule has 1 heterocycles. The Morgan fingerprint density at radius 2 is 1.92 bits per heavy atom. The van der Waals surface area contributed by atoms with Crippen LogP contribution in [0.25, 0.3) is 0 Å². The van der Waals surface area contributed by atoms with Crippen LogP contribution in [0.4, 0.5) is 17.1 Å². The molecule has 5 nitrogen and oxygen atoms in total. The van der Waals surface area contributed by atoms with Gasteiger partial charge in [0.15, 0.2) is 0 Å². The van der Waals surface area contributed by atoms with Gasteiger partial charge in [-0.25, -0.2) is 0 Å². The van der Waals surface area contributed by atoms with E-state index in [1.807, 2.05) is 44.2 Å². The first-order chi connectivity index (χ1) is 11.9. The highest BCUT2D eigenvalue weighted by Crippen LogP contribution is 2.30. The maximum atomic E-state index is 12.2. The fourth-order valence-electron chi connectivity index (χ4n) is 3.20. The standard InChI is InChI=1S/C20H23N3O2/c1-13-4-6-18(14(2)10-13)21-12-20(25)22-17-5-7-19-16(11-17)8-9-23(19)15(3)24/h4-7,10-11,21H,8-9,12H2,1-3H3,(H,22,25). The molecule has 25 heavy (non-hydrogen) atoms. The molecule has 5 heteroatoms. The van der Waals surface area contributed by atoms with E-state index in [9.17, 15) is 9.59 Å². The average molecular weight is 337 g/mol. The molecular weight excluding hydrogens is 314 g/mol. The van der Waals surface area contributed by atoms with Crippen LogP contribution in [0.3, 0.4) is 0 Å². The lowest BCUT2D eigenvalue weighted by atomic mass is 10.1. The van der Waals surface area contributed by atoms with Crippen molar-refractivity contribution < 1.29 is 9.59 Å². The highest BCUT2D eigenvalue weighted by Gasteiger charge is 2.22. The Morgan fingerprint density at radius 3 is 2.64 bits per heavy atom. The summed E-state index contributed by atoms with van der Waals surface area (Å²) in [7, 11) is 0. The van der Waals surface area contributed by atoms with Gasteiger partial charge in [-0.1, -0.05) is 17.7 Å². The summed E-state index contributed by atoms with van der Waals surface area (Å²) in [4.78, 5) is 25.6. The first-order valence-corrected chi connectivity index (χ1v) is 8.46. The number of aryl methyl sites for hydroxylation is 2. The van der Waals surface area contributed by atoms with Crippen LogP contribution in [0.1, 0.15) is 23.6 Å². The molecule has 1 aliphatic heterocycles. The van der Waals surface area contributed by atoms with Crippen molar-refractivity contribution in [3.05, 3.63) is 53.1 Å². The molecule has 0 bridgehead atoms. The first kappa shape index (κ1) is 17.0. The summed E-state index contributed by atoms with van der Waals surface area (Å²) < 4.78 is 0. The third kappa shape index (κ3) is 3.82. The average Bonchev–Trinajstić information content (AvgIpc) is 2.97. The Morgan fingerprint density at radius 1 is 1.12 bits per heavy atom. The summed E-state index contributed by atoms with van der Waals surface area (Å²) in [5.74, 6) is -0.0467. The van der Waals surface area contributed by atoms with E-state index in [1.165, 1.54) is 5.56 Å². The highest BCUT2D eigenvalue weighted by molar-refractivity contribution is 5.96. The van der Waals surface area contributed by atoms with Crippen LogP contribution in [-0.4, -0.2) is 24.9 Å². The second kappa shape index (κ2) is 6.97. The number of carbonyl (C=O) groups excluding carboxylic acids is 2. The number of carbonyl (C=O) groups is 2.